The van der Waals surface area contributed by atoms with Gasteiger partial charge < -0.3 is 15.2 Å². The summed E-state index contributed by atoms with van der Waals surface area (Å²) in [7, 11) is 1.84. The van der Waals surface area contributed by atoms with Crippen LogP contribution < -0.4 is 5.32 Å². The fourth-order valence-electron chi connectivity index (χ4n) is 2.92. The van der Waals surface area contributed by atoms with Crippen LogP contribution in [0, 0.1) is 6.92 Å². The summed E-state index contributed by atoms with van der Waals surface area (Å²) >= 11 is 0. The summed E-state index contributed by atoms with van der Waals surface area (Å²) in [5.74, 6) is 0.619. The molecule has 132 valence electrons. The number of nitrogens with one attached hydrogen (secondary N) is 1. The Bertz CT molecular complexity index is 748. The molecule has 0 aliphatic carbocycles. The topological polar surface area (TPSA) is 87.6 Å². The van der Waals surface area contributed by atoms with Crippen molar-refractivity contribution in [3.63, 3.8) is 0 Å². The first kappa shape index (κ1) is 17.3. The lowest BCUT2D eigenvalue weighted by Crippen LogP contribution is -2.40. The monoisotopic (exact) mass is 342 g/mol. The minimum Gasteiger partial charge on any atom is -0.478 e. The molecule has 1 saturated heterocycles. The average molecular weight is 342 g/mol. The zero-order valence-electron chi connectivity index (χ0n) is 14.4. The molecular formula is C18H22N4O3. The van der Waals surface area contributed by atoms with Crippen molar-refractivity contribution in [3.05, 3.63) is 53.0 Å². The minimum atomic E-state index is -0.913. The third-order valence-electron chi connectivity index (χ3n) is 4.25. The van der Waals surface area contributed by atoms with E-state index in [0.29, 0.717) is 25.3 Å². The number of anilines is 1. The molecule has 2 aromatic rings. The van der Waals surface area contributed by atoms with Crippen molar-refractivity contribution in [2.45, 2.75) is 19.5 Å². The van der Waals surface area contributed by atoms with E-state index in [1.54, 1.807) is 12.1 Å². The molecule has 3 rings (SSSR count). The van der Waals surface area contributed by atoms with Gasteiger partial charge in [0, 0.05) is 31.9 Å². The Kier molecular flexibility index (Phi) is 5.25. The molecular weight excluding hydrogens is 320 g/mol. The van der Waals surface area contributed by atoms with E-state index in [1.807, 2.05) is 32.2 Å². The predicted molar refractivity (Wildman–Crippen MR) is 93.7 cm³/mol. The van der Waals surface area contributed by atoms with Crippen LogP contribution in [0.5, 0.6) is 0 Å². The Labute approximate surface area is 146 Å². The number of nitrogens with zero attached hydrogens (tertiary/aromatic N) is 3. The van der Waals surface area contributed by atoms with Crippen molar-refractivity contribution in [3.8, 4) is 0 Å². The van der Waals surface area contributed by atoms with E-state index in [-0.39, 0.29) is 6.04 Å². The van der Waals surface area contributed by atoms with Crippen LogP contribution in [0.3, 0.4) is 0 Å². The van der Waals surface area contributed by atoms with Crippen molar-refractivity contribution in [2.75, 3.05) is 32.1 Å². The van der Waals surface area contributed by atoms with Gasteiger partial charge in [-0.05, 0) is 24.6 Å². The highest BCUT2D eigenvalue weighted by atomic mass is 16.5. The lowest BCUT2D eigenvalue weighted by Gasteiger charge is -2.34. The molecule has 25 heavy (non-hydrogen) atoms. The molecule has 1 aliphatic heterocycles. The van der Waals surface area contributed by atoms with E-state index in [9.17, 15) is 4.79 Å². The van der Waals surface area contributed by atoms with Crippen LogP contribution in [0.4, 0.5) is 5.82 Å². The maximum atomic E-state index is 11.0. The second-order valence-electron chi connectivity index (χ2n) is 6.07. The fourth-order valence-corrected chi connectivity index (χ4v) is 2.92. The normalized spacial score (nSPS) is 18.1. The maximum Gasteiger partial charge on any atom is 0.335 e. The number of aromatic nitrogens is 2. The maximum absolute atomic E-state index is 11.0. The first-order chi connectivity index (χ1) is 12.1. The fraction of sp³-hybridized carbons (Fsp3) is 0.389. The van der Waals surface area contributed by atoms with E-state index in [1.165, 1.54) is 0 Å². The molecule has 0 radical (unpaired) electrons. The highest BCUT2D eigenvalue weighted by molar-refractivity contribution is 5.87. The van der Waals surface area contributed by atoms with Gasteiger partial charge >= 0.3 is 5.97 Å². The average Bonchev–Trinajstić information content (AvgIpc) is 2.62. The van der Waals surface area contributed by atoms with Crippen LogP contribution in [0.15, 0.2) is 30.3 Å². The van der Waals surface area contributed by atoms with Crippen molar-refractivity contribution in [1.82, 2.24) is 14.9 Å². The summed E-state index contributed by atoms with van der Waals surface area (Å²) in [6, 6.07) is 8.85. The van der Waals surface area contributed by atoms with Gasteiger partial charge in [0.2, 0.25) is 0 Å². The van der Waals surface area contributed by atoms with Crippen LogP contribution in [-0.4, -0.2) is 52.7 Å². The van der Waals surface area contributed by atoms with Crippen LogP contribution in [0.2, 0.25) is 0 Å². The van der Waals surface area contributed by atoms with Crippen molar-refractivity contribution < 1.29 is 14.6 Å². The smallest absolute Gasteiger partial charge is 0.335 e. The number of ether oxygens (including phenoxy) is 1. The number of aryl methyl sites for hydroxylation is 1. The van der Waals surface area contributed by atoms with Gasteiger partial charge in [0.15, 0.2) is 0 Å². The molecule has 7 heteroatoms. The zero-order chi connectivity index (χ0) is 17.8. The standard InChI is InChI=1S/C18H22N4O3/c1-12-9-16(19-2)21-17(20-12)15-11-25-8-7-22(15)10-13-3-5-14(6-4-13)18(23)24/h3-6,9,15H,7-8,10-11H2,1-2H3,(H,23,24)(H,19,20,21). The number of hydrogen-bond donors (Lipinski definition) is 2. The van der Waals surface area contributed by atoms with Crippen molar-refractivity contribution in [1.29, 1.82) is 0 Å². The molecule has 2 N–H and O–H groups in total. The molecule has 1 aromatic carbocycles. The van der Waals surface area contributed by atoms with Crippen LogP contribution in [-0.2, 0) is 11.3 Å². The molecule has 1 aromatic heterocycles. The van der Waals surface area contributed by atoms with Gasteiger partial charge in [0.05, 0.1) is 24.8 Å². The van der Waals surface area contributed by atoms with E-state index in [0.717, 1.165) is 29.4 Å². The first-order valence-corrected chi connectivity index (χ1v) is 8.24. The van der Waals surface area contributed by atoms with Gasteiger partial charge in [-0.3, -0.25) is 4.90 Å². The molecule has 0 amide bonds. The number of aromatic carboxylic acids is 1. The van der Waals surface area contributed by atoms with Gasteiger partial charge in [-0.2, -0.15) is 0 Å². The highest BCUT2D eigenvalue weighted by Gasteiger charge is 2.27. The Morgan fingerprint density at radius 3 is 2.80 bits per heavy atom. The third kappa shape index (κ3) is 4.12. The Morgan fingerprint density at radius 1 is 1.36 bits per heavy atom. The van der Waals surface area contributed by atoms with Gasteiger partial charge in [-0.15, -0.1) is 0 Å². The van der Waals surface area contributed by atoms with Gasteiger partial charge in [0.1, 0.15) is 11.6 Å². The molecule has 7 nitrogen and oxygen atoms in total. The van der Waals surface area contributed by atoms with E-state index < -0.39 is 5.97 Å². The number of carboxylic acid groups (broad SMARTS) is 1. The summed E-state index contributed by atoms with van der Waals surface area (Å²) in [5, 5.41) is 12.1. The third-order valence-corrected chi connectivity index (χ3v) is 4.25. The van der Waals surface area contributed by atoms with Gasteiger partial charge in [-0.25, -0.2) is 14.8 Å². The second kappa shape index (κ2) is 7.58. The summed E-state index contributed by atoms with van der Waals surface area (Å²) in [6.07, 6.45) is 0. The van der Waals surface area contributed by atoms with E-state index >= 15 is 0 Å². The molecule has 1 aliphatic rings. The lowest BCUT2D eigenvalue weighted by atomic mass is 10.1. The van der Waals surface area contributed by atoms with Gasteiger partial charge in [0.25, 0.3) is 0 Å². The number of carboxylic acids is 1. The SMILES string of the molecule is CNc1cc(C)nc(C2COCCN2Cc2ccc(C(=O)O)cc2)n1. The molecule has 1 unspecified atom stereocenters. The molecule has 1 fully saturated rings. The number of carbonyl (C=O) groups is 1. The summed E-state index contributed by atoms with van der Waals surface area (Å²) in [4.78, 5) is 22.4. The van der Waals surface area contributed by atoms with Crippen molar-refractivity contribution >= 4 is 11.8 Å². The predicted octanol–water partition coefficient (Wildman–Crippen LogP) is 2.10. The van der Waals surface area contributed by atoms with E-state index in [4.69, 9.17) is 9.84 Å². The molecule has 0 bridgehead atoms. The number of hydrogen-bond acceptors (Lipinski definition) is 6. The summed E-state index contributed by atoms with van der Waals surface area (Å²) in [6.45, 7) is 4.62. The zero-order valence-corrected chi connectivity index (χ0v) is 14.4. The van der Waals surface area contributed by atoms with Crippen LogP contribution in [0.1, 0.15) is 33.5 Å². The Balaban J connectivity index is 1.81. The quantitative estimate of drug-likeness (QED) is 0.860. The Hall–Kier alpha value is -2.51. The lowest BCUT2D eigenvalue weighted by molar-refractivity contribution is -0.0159. The Morgan fingerprint density at radius 2 is 2.12 bits per heavy atom. The second-order valence-corrected chi connectivity index (χ2v) is 6.07. The molecule has 0 saturated carbocycles. The highest BCUT2D eigenvalue weighted by Crippen LogP contribution is 2.25. The van der Waals surface area contributed by atoms with Crippen LogP contribution in [0.25, 0.3) is 0 Å². The van der Waals surface area contributed by atoms with Gasteiger partial charge in [-0.1, -0.05) is 12.1 Å². The molecule has 1 atom stereocenters. The summed E-state index contributed by atoms with van der Waals surface area (Å²) in [5.41, 5.74) is 2.26. The molecule has 0 spiro atoms. The largest absolute Gasteiger partial charge is 0.478 e. The minimum absolute atomic E-state index is 0.0279. The molecule has 2 heterocycles. The first-order valence-electron chi connectivity index (χ1n) is 8.24. The van der Waals surface area contributed by atoms with Crippen LogP contribution >= 0.6 is 0 Å². The number of rotatable bonds is 5. The number of benzene rings is 1. The summed E-state index contributed by atoms with van der Waals surface area (Å²) < 4.78 is 5.65. The number of morpholine rings is 1. The van der Waals surface area contributed by atoms with Crippen molar-refractivity contribution in [2.24, 2.45) is 0 Å². The van der Waals surface area contributed by atoms with E-state index in [2.05, 4.69) is 20.2 Å².